The van der Waals surface area contributed by atoms with Crippen LogP contribution in [0.3, 0.4) is 0 Å². The van der Waals surface area contributed by atoms with Crippen LogP contribution >= 0.6 is 22.6 Å². The minimum atomic E-state index is -0.128. The van der Waals surface area contributed by atoms with Gasteiger partial charge in [-0.05, 0) is 78.5 Å². The monoisotopic (exact) mass is 401 g/mol. The van der Waals surface area contributed by atoms with Crippen molar-refractivity contribution in [1.82, 2.24) is 0 Å². The maximum atomic E-state index is 12.1. The number of rotatable bonds is 4. The van der Waals surface area contributed by atoms with Crippen molar-refractivity contribution in [3.05, 3.63) is 27.8 Å². The van der Waals surface area contributed by atoms with Crippen LogP contribution in [0.2, 0.25) is 0 Å². The molecule has 0 aliphatic heterocycles. The maximum absolute atomic E-state index is 12.1. The van der Waals surface area contributed by atoms with Crippen LogP contribution in [-0.2, 0) is 4.79 Å². The topological polar surface area (TPSA) is 90.7 Å². The van der Waals surface area contributed by atoms with Gasteiger partial charge in [0.1, 0.15) is 5.75 Å². The van der Waals surface area contributed by atoms with Gasteiger partial charge < -0.3 is 16.2 Å². The molecule has 114 valence electrons. The molecule has 0 heterocycles. The van der Waals surface area contributed by atoms with Crippen molar-refractivity contribution in [2.45, 2.75) is 25.7 Å². The molecule has 1 fully saturated rings. The fourth-order valence-electron chi connectivity index (χ4n) is 2.52. The van der Waals surface area contributed by atoms with E-state index in [-0.39, 0.29) is 17.8 Å². The average Bonchev–Trinajstić information content (AvgIpc) is 2.48. The fourth-order valence-corrected chi connectivity index (χ4v) is 2.88. The maximum Gasteiger partial charge on any atom is 0.314 e. The lowest BCUT2D eigenvalue weighted by molar-refractivity contribution is -0.140. The molecule has 1 aliphatic carbocycles. The lowest BCUT2D eigenvalue weighted by Gasteiger charge is -2.26. The van der Waals surface area contributed by atoms with E-state index in [0.717, 1.165) is 29.3 Å². The van der Waals surface area contributed by atoms with E-state index in [1.165, 1.54) is 0 Å². The minimum absolute atomic E-state index is 0.0141. The molecule has 0 unspecified atom stereocenters. The highest BCUT2D eigenvalue weighted by Crippen LogP contribution is 2.30. The number of aliphatic imine (C=N–C) groups is 1. The van der Waals surface area contributed by atoms with E-state index in [2.05, 4.69) is 27.6 Å². The third-order valence-electron chi connectivity index (χ3n) is 3.74. The van der Waals surface area contributed by atoms with Gasteiger partial charge in [-0.25, -0.2) is 0 Å². The van der Waals surface area contributed by atoms with Gasteiger partial charge in [0, 0.05) is 10.1 Å². The molecule has 0 amide bonds. The predicted octanol–water partition coefficient (Wildman–Crippen LogP) is 2.28. The van der Waals surface area contributed by atoms with Gasteiger partial charge in [-0.3, -0.25) is 9.79 Å². The summed E-state index contributed by atoms with van der Waals surface area (Å²) >= 11 is 2.22. The fraction of sp³-hybridized carbons (Fsp3) is 0.467. The first kappa shape index (κ1) is 16.1. The second-order valence-electron chi connectivity index (χ2n) is 5.36. The van der Waals surface area contributed by atoms with Crippen molar-refractivity contribution in [1.29, 1.82) is 0 Å². The van der Waals surface area contributed by atoms with E-state index < -0.39 is 0 Å². The van der Waals surface area contributed by atoms with E-state index in [1.807, 2.05) is 24.3 Å². The minimum Gasteiger partial charge on any atom is -0.426 e. The number of carbonyl (C=O) groups excluding carboxylic acids is 1. The zero-order valence-electron chi connectivity index (χ0n) is 11.8. The highest BCUT2D eigenvalue weighted by Gasteiger charge is 2.27. The molecule has 1 aliphatic rings. The normalized spacial score (nSPS) is 21.6. The average molecular weight is 401 g/mol. The number of guanidine groups is 1. The molecule has 4 N–H and O–H groups in total. The van der Waals surface area contributed by atoms with Gasteiger partial charge in [0.15, 0.2) is 5.96 Å². The van der Waals surface area contributed by atoms with Crippen molar-refractivity contribution < 1.29 is 9.53 Å². The van der Waals surface area contributed by atoms with Gasteiger partial charge in [0.25, 0.3) is 0 Å². The zero-order chi connectivity index (χ0) is 15.2. The number of carbonyl (C=O) groups is 1. The molecule has 5 nitrogen and oxygen atoms in total. The first-order chi connectivity index (χ1) is 10.0. The van der Waals surface area contributed by atoms with Crippen molar-refractivity contribution in [3.8, 4) is 5.75 Å². The molecule has 21 heavy (non-hydrogen) atoms. The van der Waals surface area contributed by atoms with Crippen LogP contribution in [0.1, 0.15) is 25.7 Å². The van der Waals surface area contributed by atoms with Crippen LogP contribution in [0.5, 0.6) is 5.75 Å². The smallest absolute Gasteiger partial charge is 0.314 e. The SMILES string of the molecule is NC(N)=NCC1CCC(C(=O)Oc2ccc(I)cc2)CC1. The first-order valence-electron chi connectivity index (χ1n) is 7.07. The lowest BCUT2D eigenvalue weighted by Crippen LogP contribution is -2.28. The third kappa shape index (κ3) is 5.18. The Bertz CT molecular complexity index is 504. The zero-order valence-corrected chi connectivity index (χ0v) is 14.0. The number of hydrogen-bond acceptors (Lipinski definition) is 3. The Morgan fingerprint density at radius 3 is 2.38 bits per heavy atom. The quantitative estimate of drug-likeness (QED) is 0.266. The van der Waals surface area contributed by atoms with Crippen molar-refractivity contribution >= 4 is 34.5 Å². The number of ether oxygens (including phenoxy) is 1. The second-order valence-corrected chi connectivity index (χ2v) is 6.60. The van der Waals surface area contributed by atoms with E-state index >= 15 is 0 Å². The van der Waals surface area contributed by atoms with Gasteiger partial charge in [0.05, 0.1) is 5.92 Å². The van der Waals surface area contributed by atoms with Crippen molar-refractivity contribution in [3.63, 3.8) is 0 Å². The van der Waals surface area contributed by atoms with Crippen LogP contribution < -0.4 is 16.2 Å². The molecule has 0 aromatic heterocycles. The number of hydrogen-bond donors (Lipinski definition) is 2. The van der Waals surface area contributed by atoms with Crippen molar-refractivity contribution in [2.75, 3.05) is 6.54 Å². The third-order valence-corrected chi connectivity index (χ3v) is 4.46. The Morgan fingerprint density at radius 2 is 1.81 bits per heavy atom. The summed E-state index contributed by atoms with van der Waals surface area (Å²) < 4.78 is 6.55. The number of esters is 1. The molecular weight excluding hydrogens is 381 g/mol. The van der Waals surface area contributed by atoms with E-state index in [4.69, 9.17) is 16.2 Å². The van der Waals surface area contributed by atoms with E-state index in [0.29, 0.717) is 18.2 Å². The Labute approximate surface area is 138 Å². The van der Waals surface area contributed by atoms with Crippen LogP contribution in [0, 0.1) is 15.4 Å². The molecule has 0 spiro atoms. The molecule has 6 heteroatoms. The van der Waals surface area contributed by atoms with Gasteiger partial charge in [-0.2, -0.15) is 0 Å². The highest BCUT2D eigenvalue weighted by molar-refractivity contribution is 14.1. The molecular formula is C15H20IN3O2. The Kier molecular flexibility index (Phi) is 5.84. The summed E-state index contributed by atoms with van der Waals surface area (Å²) in [7, 11) is 0. The first-order valence-corrected chi connectivity index (χ1v) is 8.15. The molecule has 0 radical (unpaired) electrons. The van der Waals surface area contributed by atoms with Crippen LogP contribution in [0.15, 0.2) is 29.3 Å². The number of nitrogens with two attached hydrogens (primary N) is 2. The number of benzene rings is 1. The lowest BCUT2D eigenvalue weighted by atomic mass is 9.82. The molecule has 0 bridgehead atoms. The summed E-state index contributed by atoms with van der Waals surface area (Å²) in [6.45, 7) is 0.654. The summed E-state index contributed by atoms with van der Waals surface area (Å²) in [5.74, 6) is 1.07. The summed E-state index contributed by atoms with van der Waals surface area (Å²) in [5, 5.41) is 0. The van der Waals surface area contributed by atoms with Crippen molar-refractivity contribution in [2.24, 2.45) is 28.3 Å². The standard InChI is InChI=1S/C15H20IN3O2/c16-12-5-7-13(8-6-12)21-14(20)11-3-1-10(2-4-11)9-19-15(17)18/h5-8,10-11H,1-4,9H2,(H4,17,18,19). The van der Waals surface area contributed by atoms with Gasteiger partial charge in [-0.15, -0.1) is 0 Å². The molecule has 2 rings (SSSR count). The Morgan fingerprint density at radius 1 is 1.19 bits per heavy atom. The summed E-state index contributed by atoms with van der Waals surface area (Å²) in [5.41, 5.74) is 10.7. The number of halogens is 1. The van der Waals surface area contributed by atoms with Gasteiger partial charge >= 0.3 is 5.97 Å². The summed E-state index contributed by atoms with van der Waals surface area (Å²) in [4.78, 5) is 16.2. The summed E-state index contributed by atoms with van der Waals surface area (Å²) in [6, 6.07) is 7.50. The molecule has 1 saturated carbocycles. The number of nitrogens with zero attached hydrogens (tertiary/aromatic N) is 1. The van der Waals surface area contributed by atoms with Gasteiger partial charge in [0.2, 0.25) is 0 Å². The Balaban J connectivity index is 1.80. The van der Waals surface area contributed by atoms with E-state index in [9.17, 15) is 4.79 Å². The molecule has 1 aromatic rings. The van der Waals surface area contributed by atoms with Gasteiger partial charge in [-0.1, -0.05) is 0 Å². The second kappa shape index (κ2) is 7.63. The van der Waals surface area contributed by atoms with E-state index in [1.54, 1.807) is 0 Å². The largest absolute Gasteiger partial charge is 0.426 e. The molecule has 1 aromatic carbocycles. The highest BCUT2D eigenvalue weighted by atomic mass is 127. The van der Waals surface area contributed by atoms with Crippen LogP contribution in [0.4, 0.5) is 0 Å². The molecule has 0 atom stereocenters. The molecule has 0 saturated heterocycles. The Hall–Kier alpha value is -1.31. The predicted molar refractivity (Wildman–Crippen MR) is 90.9 cm³/mol. The van der Waals surface area contributed by atoms with Crippen LogP contribution in [-0.4, -0.2) is 18.5 Å². The summed E-state index contributed by atoms with van der Waals surface area (Å²) in [6.07, 6.45) is 3.61. The van der Waals surface area contributed by atoms with Crippen LogP contribution in [0.25, 0.3) is 0 Å².